The van der Waals surface area contributed by atoms with Crippen LogP contribution in [-0.2, 0) is 11.2 Å². The van der Waals surface area contributed by atoms with Gasteiger partial charge in [0.25, 0.3) is 0 Å². The monoisotopic (exact) mass is 537 g/mol. The average molecular weight is 539 g/mol. The third-order valence-electron chi connectivity index (χ3n) is 6.38. The molecule has 0 spiro atoms. The van der Waals surface area contributed by atoms with Crippen LogP contribution in [0, 0.1) is 12.8 Å². The van der Waals surface area contributed by atoms with Gasteiger partial charge in [0.2, 0.25) is 5.91 Å². The van der Waals surface area contributed by atoms with Crippen LogP contribution in [0.1, 0.15) is 63.1 Å². The smallest absolute Gasteiger partial charge is 0.237 e. The van der Waals surface area contributed by atoms with E-state index in [1.54, 1.807) is 12.1 Å². The number of phenolic OH excluding ortho intramolecular Hbond substituents is 1. The van der Waals surface area contributed by atoms with E-state index in [2.05, 4.69) is 74.7 Å². The van der Waals surface area contributed by atoms with Crippen molar-refractivity contribution in [3.8, 4) is 5.75 Å². The van der Waals surface area contributed by atoms with Gasteiger partial charge < -0.3 is 16.2 Å². The Morgan fingerprint density at radius 3 is 2.28 bits per heavy atom. The molecule has 5 nitrogen and oxygen atoms in total. The minimum Gasteiger partial charge on any atom is -0.508 e. The highest BCUT2D eigenvalue weighted by Crippen LogP contribution is 2.16. The highest BCUT2D eigenvalue weighted by Gasteiger charge is 2.24. The third kappa shape index (κ3) is 12.3. The first kappa shape index (κ1) is 34.0. The molecule has 7 heteroatoms. The lowest BCUT2D eigenvalue weighted by molar-refractivity contribution is -0.123. The van der Waals surface area contributed by atoms with Gasteiger partial charge in [0, 0.05) is 18.6 Å². The van der Waals surface area contributed by atoms with Crippen molar-refractivity contribution in [2.75, 3.05) is 6.54 Å². The molecule has 202 valence electrons. The fourth-order valence-corrected chi connectivity index (χ4v) is 3.81. The Kier molecular flexibility index (Phi) is 17.2. The highest BCUT2D eigenvalue weighted by atomic mass is 35.5. The minimum atomic E-state index is -0.412. The zero-order valence-electron chi connectivity index (χ0n) is 22.1. The van der Waals surface area contributed by atoms with Gasteiger partial charge in [-0.15, -0.1) is 24.8 Å². The first-order valence-electron chi connectivity index (χ1n) is 12.6. The van der Waals surface area contributed by atoms with Crippen LogP contribution in [0.15, 0.2) is 54.6 Å². The molecule has 1 amide bonds. The molecule has 2 aromatic rings. The molecular weight excluding hydrogens is 493 g/mol. The lowest BCUT2D eigenvalue weighted by atomic mass is 9.95. The number of aryl methyl sites for hydroxylation is 1. The standard InChI is InChI=1S/C29H43N3O2.2ClH/c1-5-7-8-25(30)20-31-29(34)28(19-24-13-16-26(33)17-14-24)32-27(22(4)6-2)18-15-23-11-9-21(3)10-12-23;;/h9-18,22,25,27-28,32-33H,5-8,19-20,30H2,1-4H3,(H,31,34);2*1H/b18-15+;;/t22-,25-,27+,28-;;/m0../s1. The van der Waals surface area contributed by atoms with Gasteiger partial charge in [-0.1, -0.05) is 94.1 Å². The topological polar surface area (TPSA) is 87.4 Å². The maximum absolute atomic E-state index is 13.2. The number of nitrogens with one attached hydrogen (secondary N) is 2. The molecule has 2 aromatic carbocycles. The molecule has 0 saturated heterocycles. The molecule has 2 rings (SSSR count). The lowest BCUT2D eigenvalue weighted by Crippen LogP contribution is -2.52. The van der Waals surface area contributed by atoms with Crippen molar-refractivity contribution in [3.63, 3.8) is 0 Å². The van der Waals surface area contributed by atoms with Crippen LogP contribution in [0.25, 0.3) is 6.08 Å². The molecule has 0 aromatic heterocycles. The summed E-state index contributed by atoms with van der Waals surface area (Å²) in [5.74, 6) is 0.527. The number of halogens is 2. The van der Waals surface area contributed by atoms with Crippen molar-refractivity contribution in [2.24, 2.45) is 11.7 Å². The lowest BCUT2D eigenvalue weighted by Gasteiger charge is -2.28. The second-order valence-electron chi connectivity index (χ2n) is 9.42. The number of unbranched alkanes of at least 4 members (excludes halogenated alkanes) is 1. The van der Waals surface area contributed by atoms with Crippen LogP contribution in [0.2, 0.25) is 0 Å². The number of rotatable bonds is 14. The van der Waals surface area contributed by atoms with Crippen molar-refractivity contribution >= 4 is 36.8 Å². The second-order valence-corrected chi connectivity index (χ2v) is 9.42. The summed E-state index contributed by atoms with van der Waals surface area (Å²) in [6.07, 6.45) is 8.87. The highest BCUT2D eigenvalue weighted by molar-refractivity contribution is 5.85. The van der Waals surface area contributed by atoms with E-state index in [1.807, 2.05) is 12.1 Å². The molecule has 0 aliphatic rings. The second kappa shape index (κ2) is 18.2. The van der Waals surface area contributed by atoms with E-state index in [-0.39, 0.29) is 48.6 Å². The van der Waals surface area contributed by atoms with Gasteiger partial charge in [0.1, 0.15) is 5.75 Å². The van der Waals surface area contributed by atoms with Gasteiger partial charge in [-0.2, -0.15) is 0 Å². The third-order valence-corrected chi connectivity index (χ3v) is 6.38. The molecule has 0 unspecified atom stereocenters. The molecule has 4 atom stereocenters. The number of hydrogen-bond donors (Lipinski definition) is 4. The van der Waals surface area contributed by atoms with Crippen molar-refractivity contribution in [1.82, 2.24) is 10.6 Å². The Bertz CT molecular complexity index is 888. The van der Waals surface area contributed by atoms with Crippen LogP contribution in [0.5, 0.6) is 5.75 Å². The predicted octanol–water partition coefficient (Wildman–Crippen LogP) is 5.81. The van der Waals surface area contributed by atoms with Crippen molar-refractivity contribution < 1.29 is 9.90 Å². The van der Waals surface area contributed by atoms with E-state index in [0.29, 0.717) is 18.9 Å². The molecule has 5 N–H and O–H groups in total. The van der Waals surface area contributed by atoms with E-state index < -0.39 is 6.04 Å². The first-order valence-corrected chi connectivity index (χ1v) is 12.6. The van der Waals surface area contributed by atoms with E-state index in [9.17, 15) is 9.90 Å². The molecule has 0 saturated carbocycles. The van der Waals surface area contributed by atoms with E-state index >= 15 is 0 Å². The van der Waals surface area contributed by atoms with Crippen LogP contribution < -0.4 is 16.4 Å². The van der Waals surface area contributed by atoms with Gasteiger partial charge in [0.15, 0.2) is 0 Å². The van der Waals surface area contributed by atoms with Crippen molar-refractivity contribution in [2.45, 2.75) is 77.9 Å². The number of nitrogens with two attached hydrogens (primary N) is 1. The number of carbonyl (C=O) groups is 1. The summed E-state index contributed by atoms with van der Waals surface area (Å²) in [4.78, 5) is 13.2. The van der Waals surface area contributed by atoms with Crippen LogP contribution in [-0.4, -0.2) is 35.7 Å². The van der Waals surface area contributed by atoms with E-state index in [4.69, 9.17) is 5.73 Å². The number of hydrogen-bond acceptors (Lipinski definition) is 4. The summed E-state index contributed by atoms with van der Waals surface area (Å²) >= 11 is 0. The Labute approximate surface area is 230 Å². The van der Waals surface area contributed by atoms with Crippen LogP contribution in [0.4, 0.5) is 0 Å². The Morgan fingerprint density at radius 2 is 1.69 bits per heavy atom. The van der Waals surface area contributed by atoms with Crippen molar-refractivity contribution in [3.05, 3.63) is 71.3 Å². The molecular formula is C29H45Cl2N3O2. The van der Waals surface area contributed by atoms with Gasteiger partial charge in [-0.3, -0.25) is 10.1 Å². The summed E-state index contributed by atoms with van der Waals surface area (Å²) in [7, 11) is 0. The molecule has 0 heterocycles. The van der Waals surface area contributed by atoms with Crippen molar-refractivity contribution in [1.29, 1.82) is 0 Å². The Morgan fingerprint density at radius 1 is 1.06 bits per heavy atom. The predicted molar refractivity (Wildman–Crippen MR) is 157 cm³/mol. The zero-order chi connectivity index (χ0) is 24.9. The number of aromatic hydroxyl groups is 1. The van der Waals surface area contributed by atoms with E-state index in [1.165, 1.54) is 5.56 Å². The summed E-state index contributed by atoms with van der Waals surface area (Å²) in [5.41, 5.74) is 9.56. The SMILES string of the molecule is CCCC[C@H](N)CNC(=O)[C@H](Cc1ccc(O)cc1)N[C@H](/C=C/c1ccc(C)cc1)[C@@H](C)CC.Cl.Cl. The quantitative estimate of drug-likeness (QED) is 0.245. The Hall–Kier alpha value is -2.05. The summed E-state index contributed by atoms with van der Waals surface area (Å²) < 4.78 is 0. The molecule has 0 aliphatic heterocycles. The fraction of sp³-hybridized carbons (Fsp3) is 0.483. The fourth-order valence-electron chi connectivity index (χ4n) is 3.81. The number of carbonyl (C=O) groups excluding carboxylic acids is 1. The molecule has 0 fully saturated rings. The maximum Gasteiger partial charge on any atom is 0.237 e. The zero-order valence-corrected chi connectivity index (χ0v) is 23.7. The summed E-state index contributed by atoms with van der Waals surface area (Å²) in [6.45, 7) is 9.06. The summed E-state index contributed by atoms with van der Waals surface area (Å²) in [5, 5.41) is 16.3. The minimum absolute atomic E-state index is 0. The van der Waals surface area contributed by atoms with Crippen LogP contribution in [0.3, 0.4) is 0 Å². The largest absolute Gasteiger partial charge is 0.508 e. The first-order chi connectivity index (χ1) is 16.3. The number of benzene rings is 2. The molecule has 0 bridgehead atoms. The van der Waals surface area contributed by atoms with Gasteiger partial charge in [-0.25, -0.2) is 0 Å². The number of phenols is 1. The molecule has 36 heavy (non-hydrogen) atoms. The maximum atomic E-state index is 13.2. The van der Waals surface area contributed by atoms with Gasteiger partial charge in [0.05, 0.1) is 6.04 Å². The van der Waals surface area contributed by atoms with E-state index in [0.717, 1.165) is 36.8 Å². The van der Waals surface area contributed by atoms with Gasteiger partial charge in [-0.05, 0) is 48.9 Å². The molecule has 0 radical (unpaired) electrons. The number of amides is 1. The molecule has 0 aliphatic carbocycles. The average Bonchev–Trinajstić information content (AvgIpc) is 2.84. The Balaban J connectivity index is 0.00000612. The van der Waals surface area contributed by atoms with Crippen LogP contribution >= 0.6 is 24.8 Å². The summed E-state index contributed by atoms with van der Waals surface area (Å²) in [6, 6.07) is 15.1. The van der Waals surface area contributed by atoms with Gasteiger partial charge >= 0.3 is 0 Å². The normalized spacial score (nSPS) is 14.2.